The summed E-state index contributed by atoms with van der Waals surface area (Å²) in [5.74, 6) is 1.65. The number of nitrogens with zero attached hydrogens (tertiary/aromatic N) is 2. The second-order valence-electron chi connectivity index (χ2n) is 5.75. The lowest BCUT2D eigenvalue weighted by Crippen LogP contribution is -2.48. The monoisotopic (exact) mass is 320 g/mol. The van der Waals surface area contributed by atoms with Gasteiger partial charge >= 0.3 is 0 Å². The zero-order valence-electron chi connectivity index (χ0n) is 12.2. The summed E-state index contributed by atoms with van der Waals surface area (Å²) in [7, 11) is -3.44. The van der Waals surface area contributed by atoms with Crippen molar-refractivity contribution >= 4 is 10.0 Å². The normalized spacial score (nSPS) is 18.8. The predicted molar refractivity (Wildman–Crippen MR) is 78.4 cm³/mol. The summed E-state index contributed by atoms with van der Waals surface area (Å²) in [4.78, 5) is 0.339. The minimum atomic E-state index is -3.44. The maximum Gasteiger partial charge on any atom is 0.243 e. The largest absolute Gasteiger partial charge is 0.493 e. The molecule has 4 rings (SSSR count). The van der Waals surface area contributed by atoms with Gasteiger partial charge in [-0.05, 0) is 30.7 Å². The number of benzene rings is 1. The quantitative estimate of drug-likeness (QED) is 0.861. The Morgan fingerprint density at radius 3 is 2.82 bits per heavy atom. The van der Waals surface area contributed by atoms with Crippen LogP contribution in [0.2, 0.25) is 0 Å². The Balaban J connectivity index is 1.53. The van der Waals surface area contributed by atoms with Gasteiger partial charge in [0.05, 0.1) is 17.2 Å². The van der Waals surface area contributed by atoms with Gasteiger partial charge in [0.1, 0.15) is 11.5 Å². The molecule has 0 amide bonds. The van der Waals surface area contributed by atoms with Crippen molar-refractivity contribution in [3.05, 3.63) is 41.3 Å². The van der Waals surface area contributed by atoms with Gasteiger partial charge in [0, 0.05) is 31.5 Å². The van der Waals surface area contributed by atoms with Gasteiger partial charge in [-0.15, -0.1) is 0 Å². The molecule has 1 fully saturated rings. The van der Waals surface area contributed by atoms with E-state index in [-0.39, 0.29) is 5.92 Å². The molecule has 0 saturated carbocycles. The predicted octanol–water partition coefficient (Wildman–Crippen LogP) is 1.71. The summed E-state index contributed by atoms with van der Waals surface area (Å²) in [6.07, 6.45) is 0.763. The smallest absolute Gasteiger partial charge is 0.243 e. The molecule has 116 valence electrons. The molecule has 0 aliphatic carbocycles. The molecule has 3 heterocycles. The first-order valence-electron chi connectivity index (χ1n) is 7.23. The van der Waals surface area contributed by atoms with Crippen molar-refractivity contribution < 1.29 is 17.7 Å². The molecule has 0 spiro atoms. The molecule has 6 nitrogen and oxygen atoms in total. The number of aromatic nitrogens is 1. The molecule has 0 bridgehead atoms. The Bertz CT molecular complexity index is 822. The molecule has 0 N–H and O–H groups in total. The van der Waals surface area contributed by atoms with Gasteiger partial charge in [0.2, 0.25) is 10.0 Å². The Morgan fingerprint density at radius 1 is 1.27 bits per heavy atom. The van der Waals surface area contributed by atoms with Crippen molar-refractivity contribution in [2.75, 3.05) is 19.7 Å². The first-order chi connectivity index (χ1) is 10.5. The number of aryl methyl sites for hydroxylation is 1. The van der Waals surface area contributed by atoms with Gasteiger partial charge < -0.3 is 9.26 Å². The van der Waals surface area contributed by atoms with Gasteiger partial charge in [-0.2, -0.15) is 4.31 Å². The lowest BCUT2D eigenvalue weighted by molar-refractivity contribution is 0.252. The van der Waals surface area contributed by atoms with E-state index in [1.54, 1.807) is 18.2 Å². The highest BCUT2D eigenvalue weighted by atomic mass is 32.2. The highest BCUT2D eigenvalue weighted by Crippen LogP contribution is 2.34. The minimum absolute atomic E-state index is 0.116. The van der Waals surface area contributed by atoms with Crippen molar-refractivity contribution in [3.8, 4) is 5.75 Å². The third-order valence-electron chi connectivity index (χ3n) is 4.21. The molecule has 7 heteroatoms. The van der Waals surface area contributed by atoms with Crippen molar-refractivity contribution in [1.82, 2.24) is 9.46 Å². The van der Waals surface area contributed by atoms with Crippen molar-refractivity contribution in [2.45, 2.75) is 24.2 Å². The molecule has 22 heavy (non-hydrogen) atoms. The first kappa shape index (κ1) is 13.8. The number of ether oxygens (including phenoxy) is 1. The van der Waals surface area contributed by atoms with E-state index in [2.05, 4.69) is 5.16 Å². The van der Waals surface area contributed by atoms with E-state index in [9.17, 15) is 8.42 Å². The van der Waals surface area contributed by atoms with E-state index in [0.717, 1.165) is 29.2 Å². The number of sulfonamides is 1. The molecule has 2 aromatic rings. The Hall–Kier alpha value is -1.86. The van der Waals surface area contributed by atoms with Crippen LogP contribution in [0.3, 0.4) is 0 Å². The van der Waals surface area contributed by atoms with Gasteiger partial charge in [0.25, 0.3) is 0 Å². The molecule has 0 radical (unpaired) electrons. The molecule has 0 unspecified atom stereocenters. The van der Waals surface area contributed by atoms with Gasteiger partial charge in [-0.25, -0.2) is 8.42 Å². The summed E-state index contributed by atoms with van der Waals surface area (Å²) in [6.45, 7) is 3.34. The SMILES string of the molecule is Cc1cc(C2CN(S(=O)(=O)c3ccc4c(c3)CCO4)C2)no1. The lowest BCUT2D eigenvalue weighted by atomic mass is 9.99. The van der Waals surface area contributed by atoms with Crippen LogP contribution in [0.15, 0.2) is 33.7 Å². The summed E-state index contributed by atoms with van der Waals surface area (Å²) in [6, 6.07) is 6.95. The third kappa shape index (κ3) is 2.12. The van der Waals surface area contributed by atoms with Crippen LogP contribution in [0.4, 0.5) is 0 Å². The Kier molecular flexibility index (Phi) is 3.02. The fraction of sp³-hybridized carbons (Fsp3) is 0.400. The maximum absolute atomic E-state index is 12.6. The Morgan fingerprint density at radius 2 is 2.09 bits per heavy atom. The van der Waals surface area contributed by atoms with Crippen molar-refractivity contribution in [1.29, 1.82) is 0 Å². The molecule has 1 aromatic carbocycles. The standard InChI is InChI=1S/C15H16N2O4S/c1-10-6-14(16-21-10)12-8-17(9-12)22(18,19)13-2-3-15-11(7-13)4-5-20-15/h2-3,6-7,12H,4-5,8-9H2,1H3. The van der Waals surface area contributed by atoms with Crippen molar-refractivity contribution in [2.24, 2.45) is 0 Å². The van der Waals surface area contributed by atoms with Crippen LogP contribution in [-0.4, -0.2) is 37.6 Å². The summed E-state index contributed by atoms with van der Waals surface area (Å²) in [5.41, 5.74) is 1.79. The zero-order chi connectivity index (χ0) is 15.3. The third-order valence-corrected chi connectivity index (χ3v) is 6.04. The van der Waals surface area contributed by atoms with Gasteiger partial charge in [-0.1, -0.05) is 5.16 Å². The number of hydrogen-bond donors (Lipinski definition) is 0. The molecule has 1 aromatic heterocycles. The molecule has 0 atom stereocenters. The molecule has 1 saturated heterocycles. The van der Waals surface area contributed by atoms with E-state index in [1.807, 2.05) is 13.0 Å². The fourth-order valence-corrected chi connectivity index (χ4v) is 4.45. The van der Waals surface area contributed by atoms with E-state index in [1.165, 1.54) is 4.31 Å². The maximum atomic E-state index is 12.6. The van der Waals surface area contributed by atoms with Crippen LogP contribution in [0.5, 0.6) is 5.75 Å². The van der Waals surface area contributed by atoms with Crippen LogP contribution in [-0.2, 0) is 16.4 Å². The zero-order valence-corrected chi connectivity index (χ0v) is 13.0. The van der Waals surface area contributed by atoms with E-state index < -0.39 is 10.0 Å². The molecule has 2 aliphatic rings. The van der Waals surface area contributed by atoms with Crippen LogP contribution in [0.1, 0.15) is 22.9 Å². The molecular formula is C15H16N2O4S. The second kappa shape index (κ2) is 4.82. The minimum Gasteiger partial charge on any atom is -0.493 e. The van der Waals surface area contributed by atoms with Crippen LogP contribution < -0.4 is 4.74 Å². The van der Waals surface area contributed by atoms with E-state index >= 15 is 0 Å². The topological polar surface area (TPSA) is 72.6 Å². The molecule has 2 aliphatic heterocycles. The summed E-state index contributed by atoms with van der Waals surface area (Å²) >= 11 is 0. The highest BCUT2D eigenvalue weighted by molar-refractivity contribution is 7.89. The number of rotatable bonds is 3. The van der Waals surface area contributed by atoms with E-state index in [0.29, 0.717) is 24.6 Å². The average Bonchev–Trinajstić information content (AvgIpc) is 3.04. The van der Waals surface area contributed by atoms with Crippen LogP contribution >= 0.6 is 0 Å². The second-order valence-corrected chi connectivity index (χ2v) is 7.69. The van der Waals surface area contributed by atoms with E-state index in [4.69, 9.17) is 9.26 Å². The van der Waals surface area contributed by atoms with Gasteiger partial charge in [-0.3, -0.25) is 0 Å². The van der Waals surface area contributed by atoms with Crippen LogP contribution in [0, 0.1) is 6.92 Å². The number of fused-ring (bicyclic) bond motifs is 1. The summed E-state index contributed by atoms with van der Waals surface area (Å²) < 4.78 is 37.2. The van der Waals surface area contributed by atoms with Crippen molar-refractivity contribution in [3.63, 3.8) is 0 Å². The average molecular weight is 320 g/mol. The molecular weight excluding hydrogens is 304 g/mol. The highest BCUT2D eigenvalue weighted by Gasteiger charge is 2.39. The first-order valence-corrected chi connectivity index (χ1v) is 8.67. The summed E-state index contributed by atoms with van der Waals surface area (Å²) in [5, 5.41) is 3.96. The lowest BCUT2D eigenvalue weighted by Gasteiger charge is -2.36. The van der Waals surface area contributed by atoms with Crippen LogP contribution in [0.25, 0.3) is 0 Å². The van der Waals surface area contributed by atoms with Gasteiger partial charge in [0.15, 0.2) is 0 Å². The fourth-order valence-electron chi connectivity index (χ4n) is 2.87. The Labute approximate surface area is 128 Å². The number of hydrogen-bond acceptors (Lipinski definition) is 5.